The predicted molar refractivity (Wildman–Crippen MR) is 44.7 cm³/mol. The summed E-state index contributed by atoms with van der Waals surface area (Å²) in [5, 5.41) is 0. The molecule has 3 heterocycles. The molecule has 94 valence electrons. The van der Waals surface area contributed by atoms with E-state index in [9.17, 15) is 26.3 Å². The summed E-state index contributed by atoms with van der Waals surface area (Å²) in [6.45, 7) is -1.03. The van der Waals surface area contributed by atoms with E-state index in [1.807, 2.05) is 0 Å². The monoisotopic (exact) mass is 286 g/mol. The third-order valence-corrected chi connectivity index (χ3v) is 5.37. The van der Waals surface area contributed by atoms with E-state index in [1.54, 1.807) is 0 Å². The van der Waals surface area contributed by atoms with Crippen LogP contribution >= 0.6 is 23.5 Å². The summed E-state index contributed by atoms with van der Waals surface area (Å²) < 4.78 is 78.2. The van der Waals surface area contributed by atoms with E-state index in [0.29, 0.717) is 0 Å². The Kier molecular flexibility index (Phi) is 2.66. The van der Waals surface area contributed by atoms with E-state index in [2.05, 4.69) is 9.47 Å². The van der Waals surface area contributed by atoms with E-state index in [0.717, 1.165) is 0 Å². The number of ether oxygens (including phenoxy) is 2. The maximum Gasteiger partial charge on any atom is 0.437 e. The highest BCUT2D eigenvalue weighted by Gasteiger charge is 2.81. The average molecular weight is 286 g/mol. The van der Waals surface area contributed by atoms with Gasteiger partial charge in [-0.25, -0.2) is 0 Å². The van der Waals surface area contributed by atoms with Crippen molar-refractivity contribution in [2.75, 3.05) is 13.2 Å². The normalized spacial score (nSPS) is 40.1. The SMILES string of the molecule is FC(F)(F)C12OCCOC(C(F)(F)F)(S1)S2. The summed E-state index contributed by atoms with van der Waals surface area (Å²) in [7, 11) is 0. The molecule has 10 heteroatoms. The topological polar surface area (TPSA) is 18.5 Å². The van der Waals surface area contributed by atoms with E-state index in [4.69, 9.17) is 0 Å². The van der Waals surface area contributed by atoms with Crippen molar-refractivity contribution in [2.45, 2.75) is 20.9 Å². The molecule has 3 fully saturated rings. The Labute approximate surface area is 94.0 Å². The van der Waals surface area contributed by atoms with Gasteiger partial charge in [0.15, 0.2) is 0 Å². The van der Waals surface area contributed by atoms with Gasteiger partial charge in [0.25, 0.3) is 8.53 Å². The summed E-state index contributed by atoms with van der Waals surface area (Å²) in [6, 6.07) is 0. The molecule has 0 aromatic heterocycles. The average Bonchev–Trinajstić information content (AvgIpc) is 2.27. The van der Waals surface area contributed by atoms with Crippen LogP contribution in [-0.4, -0.2) is 34.1 Å². The number of alkyl halides is 6. The van der Waals surface area contributed by atoms with Gasteiger partial charge in [0.1, 0.15) is 0 Å². The Bertz CT molecular complexity index is 266. The van der Waals surface area contributed by atoms with Crippen LogP contribution in [0.1, 0.15) is 0 Å². The highest BCUT2D eigenvalue weighted by atomic mass is 32.3. The number of halogens is 6. The lowest BCUT2D eigenvalue weighted by Gasteiger charge is -2.50. The molecule has 3 aliphatic rings. The van der Waals surface area contributed by atoms with Crippen LogP contribution in [-0.2, 0) is 9.47 Å². The summed E-state index contributed by atoms with van der Waals surface area (Å²) >= 11 is -0.773. The number of fused-ring (bicyclic) bond motifs is 3. The molecule has 2 nitrogen and oxygen atoms in total. The minimum atomic E-state index is -4.87. The van der Waals surface area contributed by atoms with E-state index in [-0.39, 0.29) is 23.5 Å². The van der Waals surface area contributed by atoms with Crippen LogP contribution in [0.15, 0.2) is 0 Å². The molecule has 3 aliphatic heterocycles. The second-order valence-corrected chi connectivity index (χ2v) is 6.23. The second-order valence-electron chi connectivity index (χ2n) is 3.01. The predicted octanol–water partition coefficient (Wildman–Crippen LogP) is 2.95. The maximum atomic E-state index is 12.5. The first-order chi connectivity index (χ1) is 7.12. The summed E-state index contributed by atoms with van der Waals surface area (Å²) in [5.41, 5.74) is 0. The van der Waals surface area contributed by atoms with Gasteiger partial charge in [0.05, 0.1) is 13.2 Å². The fourth-order valence-electron chi connectivity index (χ4n) is 1.23. The Morgan fingerprint density at radius 3 is 1.31 bits per heavy atom. The first-order valence-corrected chi connectivity index (χ1v) is 5.57. The zero-order valence-electron chi connectivity index (χ0n) is 7.31. The van der Waals surface area contributed by atoms with Crippen LogP contribution in [0.5, 0.6) is 0 Å². The van der Waals surface area contributed by atoms with Crippen LogP contribution in [0.3, 0.4) is 0 Å². The molecule has 2 bridgehead atoms. The van der Waals surface area contributed by atoms with Gasteiger partial charge in [-0.05, 0) is 0 Å². The molecule has 0 unspecified atom stereocenters. The third kappa shape index (κ3) is 1.61. The van der Waals surface area contributed by atoms with Crippen LogP contribution in [0.25, 0.3) is 0 Å². The number of rotatable bonds is 0. The van der Waals surface area contributed by atoms with Crippen LogP contribution in [0.2, 0.25) is 0 Å². The van der Waals surface area contributed by atoms with Gasteiger partial charge in [-0.3, -0.25) is 0 Å². The van der Waals surface area contributed by atoms with Crippen molar-refractivity contribution >= 4 is 23.5 Å². The molecule has 0 amide bonds. The summed E-state index contributed by atoms with van der Waals surface area (Å²) in [6.07, 6.45) is -9.74. The fraction of sp³-hybridized carbons (Fsp3) is 1.00. The molecule has 0 spiro atoms. The maximum absolute atomic E-state index is 12.5. The van der Waals surface area contributed by atoms with Gasteiger partial charge >= 0.3 is 12.4 Å². The molecule has 0 aromatic rings. The van der Waals surface area contributed by atoms with Gasteiger partial charge in [0.2, 0.25) is 0 Å². The zero-order valence-corrected chi connectivity index (χ0v) is 8.95. The first kappa shape index (κ1) is 12.7. The molecule has 0 saturated carbocycles. The van der Waals surface area contributed by atoms with Gasteiger partial charge in [0, 0.05) is 0 Å². The van der Waals surface area contributed by atoms with Gasteiger partial charge in [-0.15, -0.1) is 0 Å². The minimum absolute atomic E-state index is 0.387. The van der Waals surface area contributed by atoms with Crippen LogP contribution in [0.4, 0.5) is 26.3 Å². The lowest BCUT2D eigenvalue weighted by molar-refractivity contribution is -0.212. The summed E-state index contributed by atoms with van der Waals surface area (Å²) in [4.78, 5) is 0. The quantitative estimate of drug-likeness (QED) is 0.637. The largest absolute Gasteiger partial charge is 0.437 e. The number of thioether (sulfide) groups is 2. The Hall–Kier alpha value is 0.200. The van der Waals surface area contributed by atoms with Crippen molar-refractivity contribution in [1.82, 2.24) is 0 Å². The van der Waals surface area contributed by atoms with Gasteiger partial charge < -0.3 is 9.47 Å². The van der Waals surface area contributed by atoms with Crippen molar-refractivity contribution < 1.29 is 35.8 Å². The standard InChI is InChI=1S/C6H4F6O2S2/c7-3(8,9)5-13-1-2-14-6(15-5,16-5)4(10,11)12/h1-2H2. The Morgan fingerprint density at radius 2 is 1.06 bits per heavy atom. The Balaban J connectivity index is 2.27. The highest BCUT2D eigenvalue weighted by Crippen LogP contribution is 2.75. The third-order valence-electron chi connectivity index (χ3n) is 1.90. The molecule has 0 aliphatic carbocycles. The van der Waals surface area contributed by atoms with Crippen molar-refractivity contribution in [3.05, 3.63) is 0 Å². The molecule has 16 heavy (non-hydrogen) atoms. The van der Waals surface area contributed by atoms with E-state index >= 15 is 0 Å². The summed E-state index contributed by atoms with van der Waals surface area (Å²) in [5.74, 6) is 0. The van der Waals surface area contributed by atoms with Crippen molar-refractivity contribution in [1.29, 1.82) is 0 Å². The number of hydrogen-bond acceptors (Lipinski definition) is 4. The Morgan fingerprint density at radius 1 is 0.750 bits per heavy atom. The van der Waals surface area contributed by atoms with Crippen molar-refractivity contribution in [3.8, 4) is 0 Å². The number of hydrogen-bond donors (Lipinski definition) is 0. The van der Waals surface area contributed by atoms with Gasteiger partial charge in [-0.1, -0.05) is 23.5 Å². The van der Waals surface area contributed by atoms with E-state index < -0.39 is 34.1 Å². The first-order valence-electron chi connectivity index (χ1n) is 3.94. The van der Waals surface area contributed by atoms with Crippen molar-refractivity contribution in [2.24, 2.45) is 0 Å². The van der Waals surface area contributed by atoms with Crippen LogP contribution < -0.4 is 0 Å². The molecule has 3 saturated heterocycles. The minimum Gasteiger partial charge on any atom is -0.345 e. The van der Waals surface area contributed by atoms with Crippen LogP contribution in [0, 0.1) is 0 Å². The van der Waals surface area contributed by atoms with E-state index in [1.165, 1.54) is 0 Å². The smallest absolute Gasteiger partial charge is 0.345 e. The zero-order chi connectivity index (χ0) is 12.2. The highest BCUT2D eigenvalue weighted by molar-refractivity contribution is 8.35. The lowest BCUT2D eigenvalue weighted by Crippen LogP contribution is -2.60. The molecule has 0 aromatic carbocycles. The molecular formula is C6H4F6O2S2. The molecule has 0 atom stereocenters. The fourth-order valence-corrected chi connectivity index (χ4v) is 4.14. The van der Waals surface area contributed by atoms with Crippen molar-refractivity contribution in [3.63, 3.8) is 0 Å². The molecule has 3 rings (SSSR count). The lowest BCUT2D eigenvalue weighted by atomic mass is 10.6. The molecule has 0 radical (unpaired) electrons. The molecule has 0 N–H and O–H groups in total. The molecular weight excluding hydrogens is 282 g/mol. The van der Waals surface area contributed by atoms with Gasteiger partial charge in [-0.2, -0.15) is 26.3 Å². The second kappa shape index (κ2) is 3.36.